The zero-order valence-corrected chi connectivity index (χ0v) is 11.2. The number of amides is 1. The van der Waals surface area contributed by atoms with E-state index in [0.717, 1.165) is 12.2 Å². The molecular formula is C13H15N3OS. The molecule has 0 aliphatic rings. The van der Waals surface area contributed by atoms with Gasteiger partial charge in [0.05, 0.1) is 12.1 Å². The molecule has 2 aromatic rings. The molecule has 4 nitrogen and oxygen atoms in total. The van der Waals surface area contributed by atoms with Gasteiger partial charge in [-0.2, -0.15) is 0 Å². The Labute approximate surface area is 110 Å². The normalized spacial score (nSPS) is 10.1. The lowest BCUT2D eigenvalue weighted by molar-refractivity contribution is 0.0827. The molecule has 0 bridgehead atoms. The van der Waals surface area contributed by atoms with Crippen molar-refractivity contribution in [3.8, 4) is 0 Å². The van der Waals surface area contributed by atoms with Crippen molar-refractivity contribution in [1.82, 2.24) is 9.88 Å². The molecule has 1 amide bonds. The van der Waals surface area contributed by atoms with E-state index >= 15 is 0 Å². The molecule has 0 aliphatic carbocycles. The van der Waals surface area contributed by atoms with E-state index in [1.54, 1.807) is 30.3 Å². The second-order valence-corrected chi connectivity index (χ2v) is 5.07. The molecule has 0 saturated heterocycles. The van der Waals surface area contributed by atoms with Gasteiger partial charge < -0.3 is 10.2 Å². The number of aromatic nitrogens is 1. The molecule has 0 aliphatic heterocycles. The van der Waals surface area contributed by atoms with Gasteiger partial charge in [0.2, 0.25) is 0 Å². The van der Waals surface area contributed by atoms with E-state index in [4.69, 9.17) is 0 Å². The number of benzene rings is 1. The summed E-state index contributed by atoms with van der Waals surface area (Å²) >= 11 is 1.61. The maximum atomic E-state index is 11.8. The van der Waals surface area contributed by atoms with Gasteiger partial charge in [0.15, 0.2) is 0 Å². The second-order valence-electron chi connectivity index (χ2n) is 4.10. The van der Waals surface area contributed by atoms with Crippen molar-refractivity contribution < 1.29 is 4.79 Å². The standard InChI is InChI=1S/C13H15N3OS/c1-16(2)13(17)10-4-3-5-11(6-10)15-8-12-7-14-9-18-12/h3-7,9,15H,8H2,1-2H3. The van der Waals surface area contributed by atoms with Crippen molar-refractivity contribution in [1.29, 1.82) is 0 Å². The Morgan fingerprint density at radius 3 is 2.94 bits per heavy atom. The number of hydrogen-bond donors (Lipinski definition) is 1. The first-order chi connectivity index (χ1) is 8.66. The lowest BCUT2D eigenvalue weighted by Crippen LogP contribution is -2.21. The Morgan fingerprint density at radius 1 is 1.44 bits per heavy atom. The number of rotatable bonds is 4. The van der Waals surface area contributed by atoms with Crippen LogP contribution in [0.25, 0.3) is 0 Å². The third kappa shape index (κ3) is 3.07. The minimum atomic E-state index is 0.0106. The maximum absolute atomic E-state index is 11.8. The predicted molar refractivity (Wildman–Crippen MR) is 73.9 cm³/mol. The molecule has 1 aromatic heterocycles. The van der Waals surface area contributed by atoms with Crippen LogP contribution in [0.15, 0.2) is 36.0 Å². The van der Waals surface area contributed by atoms with E-state index < -0.39 is 0 Å². The Kier molecular flexibility index (Phi) is 3.94. The van der Waals surface area contributed by atoms with E-state index in [1.165, 1.54) is 4.88 Å². The molecule has 0 atom stereocenters. The van der Waals surface area contributed by atoms with Crippen molar-refractivity contribution in [3.63, 3.8) is 0 Å². The molecule has 94 valence electrons. The third-order valence-electron chi connectivity index (χ3n) is 2.47. The molecule has 0 spiro atoms. The fourth-order valence-electron chi connectivity index (χ4n) is 1.54. The number of anilines is 1. The highest BCUT2D eigenvalue weighted by atomic mass is 32.1. The molecule has 5 heteroatoms. The van der Waals surface area contributed by atoms with E-state index in [0.29, 0.717) is 5.56 Å². The fraction of sp³-hybridized carbons (Fsp3) is 0.231. The van der Waals surface area contributed by atoms with Crippen LogP contribution < -0.4 is 5.32 Å². The number of nitrogens with zero attached hydrogens (tertiary/aromatic N) is 2. The summed E-state index contributed by atoms with van der Waals surface area (Å²) in [4.78, 5) is 18.6. The van der Waals surface area contributed by atoms with Gasteiger partial charge in [-0.15, -0.1) is 11.3 Å². The van der Waals surface area contributed by atoms with Gasteiger partial charge in [0, 0.05) is 36.4 Å². The van der Waals surface area contributed by atoms with Crippen LogP contribution in [0, 0.1) is 0 Å². The summed E-state index contributed by atoms with van der Waals surface area (Å²) in [5, 5.41) is 3.28. The van der Waals surface area contributed by atoms with Gasteiger partial charge in [0.1, 0.15) is 0 Å². The van der Waals surface area contributed by atoms with E-state index in [-0.39, 0.29) is 5.91 Å². The molecule has 0 saturated carbocycles. The molecule has 1 aromatic carbocycles. The quantitative estimate of drug-likeness (QED) is 0.919. The first kappa shape index (κ1) is 12.6. The van der Waals surface area contributed by atoms with Crippen molar-refractivity contribution in [3.05, 3.63) is 46.4 Å². The van der Waals surface area contributed by atoms with Gasteiger partial charge in [-0.3, -0.25) is 9.78 Å². The minimum Gasteiger partial charge on any atom is -0.380 e. The third-order valence-corrected chi connectivity index (χ3v) is 3.25. The predicted octanol–water partition coefficient (Wildman–Crippen LogP) is 2.46. The summed E-state index contributed by atoms with van der Waals surface area (Å²) in [5.74, 6) is 0.0106. The van der Waals surface area contributed by atoms with Crippen LogP contribution in [-0.2, 0) is 6.54 Å². The van der Waals surface area contributed by atoms with Crippen molar-refractivity contribution in [2.75, 3.05) is 19.4 Å². The lowest BCUT2D eigenvalue weighted by atomic mass is 10.2. The largest absolute Gasteiger partial charge is 0.380 e. The summed E-state index contributed by atoms with van der Waals surface area (Å²) in [6.07, 6.45) is 1.84. The summed E-state index contributed by atoms with van der Waals surface area (Å²) in [7, 11) is 3.50. The topological polar surface area (TPSA) is 45.2 Å². The summed E-state index contributed by atoms with van der Waals surface area (Å²) in [6, 6.07) is 7.52. The van der Waals surface area contributed by atoms with E-state index in [9.17, 15) is 4.79 Å². The number of hydrogen-bond acceptors (Lipinski definition) is 4. The summed E-state index contributed by atoms with van der Waals surface area (Å²) in [6.45, 7) is 0.726. The molecule has 0 radical (unpaired) electrons. The van der Waals surface area contributed by atoms with Gasteiger partial charge in [-0.05, 0) is 18.2 Å². The van der Waals surface area contributed by atoms with Gasteiger partial charge in [0.25, 0.3) is 5.91 Å². The first-order valence-corrected chi connectivity index (χ1v) is 6.48. The van der Waals surface area contributed by atoms with Crippen molar-refractivity contribution in [2.45, 2.75) is 6.54 Å². The highest BCUT2D eigenvalue weighted by molar-refractivity contribution is 7.09. The maximum Gasteiger partial charge on any atom is 0.253 e. The van der Waals surface area contributed by atoms with Crippen LogP contribution in [0.5, 0.6) is 0 Å². The Hall–Kier alpha value is -1.88. The Balaban J connectivity index is 2.05. The highest BCUT2D eigenvalue weighted by Gasteiger charge is 2.07. The van der Waals surface area contributed by atoms with Crippen molar-refractivity contribution in [2.24, 2.45) is 0 Å². The molecule has 0 fully saturated rings. The highest BCUT2D eigenvalue weighted by Crippen LogP contribution is 2.14. The Morgan fingerprint density at radius 2 is 2.28 bits per heavy atom. The van der Waals surface area contributed by atoms with Crippen LogP contribution in [0.4, 0.5) is 5.69 Å². The van der Waals surface area contributed by atoms with Gasteiger partial charge in [-0.1, -0.05) is 6.07 Å². The molecule has 18 heavy (non-hydrogen) atoms. The van der Waals surface area contributed by atoms with Crippen LogP contribution in [0.3, 0.4) is 0 Å². The second kappa shape index (κ2) is 5.64. The fourth-order valence-corrected chi connectivity index (χ4v) is 2.07. The zero-order valence-electron chi connectivity index (χ0n) is 10.4. The van der Waals surface area contributed by atoms with Crippen LogP contribution in [-0.4, -0.2) is 29.9 Å². The number of thiazole rings is 1. The van der Waals surface area contributed by atoms with Crippen molar-refractivity contribution >= 4 is 22.9 Å². The average Bonchev–Trinajstić information content (AvgIpc) is 2.89. The van der Waals surface area contributed by atoms with Crippen LogP contribution in [0.1, 0.15) is 15.2 Å². The average molecular weight is 261 g/mol. The lowest BCUT2D eigenvalue weighted by Gasteiger charge is -2.11. The smallest absolute Gasteiger partial charge is 0.253 e. The zero-order chi connectivity index (χ0) is 13.0. The number of nitrogens with one attached hydrogen (secondary N) is 1. The first-order valence-electron chi connectivity index (χ1n) is 5.60. The van der Waals surface area contributed by atoms with Gasteiger partial charge in [-0.25, -0.2) is 0 Å². The molecule has 2 rings (SSSR count). The molecule has 0 unspecified atom stereocenters. The van der Waals surface area contributed by atoms with E-state index in [2.05, 4.69) is 10.3 Å². The Bertz CT molecular complexity index is 523. The molecule has 1 heterocycles. The monoisotopic (exact) mass is 261 g/mol. The van der Waals surface area contributed by atoms with Crippen LogP contribution in [0.2, 0.25) is 0 Å². The molecule has 1 N–H and O–H groups in total. The van der Waals surface area contributed by atoms with E-state index in [1.807, 2.05) is 36.0 Å². The van der Waals surface area contributed by atoms with Gasteiger partial charge >= 0.3 is 0 Å². The molecular weight excluding hydrogens is 246 g/mol. The summed E-state index contributed by atoms with van der Waals surface area (Å²) < 4.78 is 0. The minimum absolute atomic E-state index is 0.0106. The summed E-state index contributed by atoms with van der Waals surface area (Å²) in [5.41, 5.74) is 3.44. The van der Waals surface area contributed by atoms with Crippen LogP contribution >= 0.6 is 11.3 Å². The SMILES string of the molecule is CN(C)C(=O)c1cccc(NCc2cncs2)c1. The number of carbonyl (C=O) groups is 1. The number of carbonyl (C=O) groups excluding carboxylic acids is 1.